The van der Waals surface area contributed by atoms with Gasteiger partial charge in [0.15, 0.2) is 11.5 Å². The number of benzene rings is 1. The Morgan fingerprint density at radius 2 is 2.19 bits per heavy atom. The van der Waals surface area contributed by atoms with Gasteiger partial charge in [-0.2, -0.15) is 0 Å². The molecule has 4 nitrogen and oxygen atoms in total. The van der Waals surface area contributed by atoms with Crippen LogP contribution in [0.4, 0.5) is 0 Å². The van der Waals surface area contributed by atoms with Crippen LogP contribution in [0.25, 0.3) is 0 Å². The van der Waals surface area contributed by atoms with Crippen LogP contribution in [0.15, 0.2) is 6.07 Å². The van der Waals surface area contributed by atoms with Crippen molar-refractivity contribution in [1.29, 1.82) is 0 Å². The first kappa shape index (κ1) is 11.5. The number of rotatable bonds is 4. The van der Waals surface area contributed by atoms with Crippen LogP contribution in [-0.4, -0.2) is 13.4 Å². The van der Waals surface area contributed by atoms with Gasteiger partial charge in [-0.15, -0.1) is 0 Å². The third-order valence-electron chi connectivity index (χ3n) is 2.64. The minimum Gasteiger partial charge on any atom is -0.453 e. The first-order valence-corrected chi connectivity index (χ1v) is 5.57. The number of nitrogens with two attached hydrogens (primary N) is 1. The van der Waals surface area contributed by atoms with Gasteiger partial charge in [-0.1, -0.05) is 18.5 Å². The molecule has 88 valence electrons. The van der Waals surface area contributed by atoms with E-state index in [9.17, 15) is 0 Å². The summed E-state index contributed by atoms with van der Waals surface area (Å²) in [5.41, 5.74) is 2.22. The molecule has 0 saturated carbocycles. The Morgan fingerprint density at radius 3 is 2.88 bits per heavy atom. The quantitative estimate of drug-likeness (QED) is 0.823. The lowest BCUT2D eigenvalue weighted by Gasteiger charge is -2.11. The molecule has 2 N–H and O–H groups in total. The molecule has 2 rings (SSSR count). The Morgan fingerprint density at radius 1 is 1.44 bits per heavy atom. The maximum Gasteiger partial charge on any atom is 0.231 e. The monoisotopic (exact) mass is 243 g/mol. The van der Waals surface area contributed by atoms with Crippen molar-refractivity contribution >= 4 is 11.6 Å². The Bertz CT molecular complexity index is 395. The largest absolute Gasteiger partial charge is 0.453 e. The molecule has 0 bridgehead atoms. The number of fused-ring (bicyclic) bond motifs is 1. The predicted octanol–water partition coefficient (Wildman–Crippen LogP) is 2.06. The Kier molecular flexibility index (Phi) is 3.53. The molecule has 1 aromatic rings. The molecule has 0 aliphatic carbocycles. The van der Waals surface area contributed by atoms with Crippen molar-refractivity contribution in [3.63, 3.8) is 0 Å². The summed E-state index contributed by atoms with van der Waals surface area (Å²) >= 11 is 6.11. The summed E-state index contributed by atoms with van der Waals surface area (Å²) in [6.45, 7) is 2.76. The lowest BCUT2D eigenvalue weighted by atomic mass is 10.0. The second-order valence-electron chi connectivity index (χ2n) is 3.54. The predicted molar refractivity (Wildman–Crippen MR) is 60.8 cm³/mol. The average molecular weight is 244 g/mol. The molecule has 0 aromatic heterocycles. The standard InChI is InChI=1S/C11H14ClNO3/c1-2-8-7(3-4-16-13)5-9(12)11-10(8)14-6-15-11/h5H,2-4,6,13H2,1H3. The van der Waals surface area contributed by atoms with E-state index in [1.54, 1.807) is 0 Å². The minimum absolute atomic E-state index is 0.235. The van der Waals surface area contributed by atoms with Gasteiger partial charge in [0.25, 0.3) is 0 Å². The topological polar surface area (TPSA) is 53.7 Å². The van der Waals surface area contributed by atoms with E-state index in [1.165, 1.54) is 0 Å². The summed E-state index contributed by atoms with van der Waals surface area (Å²) in [7, 11) is 0. The third kappa shape index (κ3) is 1.96. The number of hydrogen-bond acceptors (Lipinski definition) is 4. The van der Waals surface area contributed by atoms with E-state index in [4.69, 9.17) is 27.0 Å². The number of ether oxygens (including phenoxy) is 2. The highest BCUT2D eigenvalue weighted by Gasteiger charge is 2.23. The van der Waals surface area contributed by atoms with Gasteiger partial charge in [0, 0.05) is 5.56 Å². The first-order valence-electron chi connectivity index (χ1n) is 5.19. The number of halogens is 1. The highest BCUT2D eigenvalue weighted by molar-refractivity contribution is 6.32. The molecule has 5 heteroatoms. The molecule has 0 fully saturated rings. The van der Waals surface area contributed by atoms with E-state index in [0.29, 0.717) is 17.4 Å². The van der Waals surface area contributed by atoms with Gasteiger partial charge < -0.3 is 14.3 Å². The molecule has 1 aliphatic rings. The molecule has 1 heterocycles. The zero-order valence-electron chi connectivity index (χ0n) is 9.09. The fraction of sp³-hybridized carbons (Fsp3) is 0.455. The van der Waals surface area contributed by atoms with Crippen LogP contribution in [0.3, 0.4) is 0 Å². The van der Waals surface area contributed by atoms with Crippen molar-refractivity contribution in [1.82, 2.24) is 0 Å². The van der Waals surface area contributed by atoms with Crippen molar-refractivity contribution < 1.29 is 14.3 Å². The van der Waals surface area contributed by atoms with E-state index in [2.05, 4.69) is 11.8 Å². The van der Waals surface area contributed by atoms with Gasteiger partial charge in [-0.3, -0.25) is 0 Å². The van der Waals surface area contributed by atoms with Crippen LogP contribution in [0.1, 0.15) is 18.1 Å². The molecule has 0 spiro atoms. The van der Waals surface area contributed by atoms with Gasteiger partial charge >= 0.3 is 0 Å². The normalized spacial score (nSPS) is 13.2. The molecular weight excluding hydrogens is 230 g/mol. The van der Waals surface area contributed by atoms with Crippen molar-refractivity contribution in [3.05, 3.63) is 22.2 Å². The van der Waals surface area contributed by atoms with E-state index < -0.39 is 0 Å². The average Bonchev–Trinajstić information content (AvgIpc) is 2.76. The Hall–Kier alpha value is -0.970. The lowest BCUT2D eigenvalue weighted by molar-refractivity contribution is 0.141. The lowest BCUT2D eigenvalue weighted by Crippen LogP contribution is -2.06. The van der Waals surface area contributed by atoms with Gasteiger partial charge in [0.05, 0.1) is 11.6 Å². The summed E-state index contributed by atoms with van der Waals surface area (Å²) in [5, 5.41) is 0.580. The fourth-order valence-electron chi connectivity index (χ4n) is 1.91. The van der Waals surface area contributed by atoms with Crippen LogP contribution in [-0.2, 0) is 17.7 Å². The zero-order valence-corrected chi connectivity index (χ0v) is 9.84. The molecule has 0 atom stereocenters. The summed E-state index contributed by atoms with van der Waals surface area (Å²) in [6.07, 6.45) is 1.58. The molecule has 1 aliphatic heterocycles. The maximum absolute atomic E-state index is 6.11. The highest BCUT2D eigenvalue weighted by Crippen LogP contribution is 2.43. The van der Waals surface area contributed by atoms with Crippen LogP contribution >= 0.6 is 11.6 Å². The van der Waals surface area contributed by atoms with E-state index in [-0.39, 0.29) is 6.79 Å². The van der Waals surface area contributed by atoms with Gasteiger partial charge in [-0.05, 0) is 24.5 Å². The van der Waals surface area contributed by atoms with Crippen molar-refractivity contribution in [3.8, 4) is 11.5 Å². The molecular formula is C11H14ClNO3. The second-order valence-corrected chi connectivity index (χ2v) is 3.94. The van der Waals surface area contributed by atoms with Crippen molar-refractivity contribution in [2.75, 3.05) is 13.4 Å². The van der Waals surface area contributed by atoms with E-state index >= 15 is 0 Å². The zero-order chi connectivity index (χ0) is 11.5. The summed E-state index contributed by atoms with van der Waals surface area (Å²) in [5.74, 6) is 6.44. The van der Waals surface area contributed by atoms with Crippen LogP contribution in [0.5, 0.6) is 11.5 Å². The van der Waals surface area contributed by atoms with Gasteiger partial charge in [-0.25, -0.2) is 5.90 Å². The third-order valence-corrected chi connectivity index (χ3v) is 2.92. The van der Waals surface area contributed by atoms with E-state index in [1.807, 2.05) is 6.07 Å². The van der Waals surface area contributed by atoms with E-state index in [0.717, 1.165) is 29.7 Å². The highest BCUT2D eigenvalue weighted by atomic mass is 35.5. The maximum atomic E-state index is 6.11. The molecule has 1 aromatic carbocycles. The number of hydrogen-bond donors (Lipinski definition) is 1. The SMILES string of the molecule is CCc1c(CCON)cc(Cl)c2c1OCO2. The smallest absolute Gasteiger partial charge is 0.231 e. The molecule has 0 amide bonds. The molecule has 16 heavy (non-hydrogen) atoms. The van der Waals surface area contributed by atoms with Gasteiger partial charge in [0.1, 0.15) is 0 Å². The van der Waals surface area contributed by atoms with Gasteiger partial charge in [0.2, 0.25) is 6.79 Å². The van der Waals surface area contributed by atoms with Crippen LogP contribution in [0, 0.1) is 0 Å². The first-order chi connectivity index (χ1) is 7.77. The van der Waals surface area contributed by atoms with Crippen molar-refractivity contribution in [2.45, 2.75) is 19.8 Å². The summed E-state index contributed by atoms with van der Waals surface area (Å²) in [4.78, 5) is 4.59. The van der Waals surface area contributed by atoms with Crippen LogP contribution in [0.2, 0.25) is 5.02 Å². The molecule has 0 unspecified atom stereocenters. The Labute approximate surface area is 99.2 Å². The minimum atomic E-state index is 0.235. The second kappa shape index (κ2) is 4.91. The van der Waals surface area contributed by atoms with Crippen molar-refractivity contribution in [2.24, 2.45) is 5.90 Å². The molecule has 0 radical (unpaired) electrons. The summed E-state index contributed by atoms with van der Waals surface area (Å²) in [6, 6.07) is 1.90. The fourth-order valence-corrected chi connectivity index (χ4v) is 2.18. The van der Waals surface area contributed by atoms with Crippen LogP contribution < -0.4 is 15.4 Å². The molecule has 0 saturated heterocycles. The summed E-state index contributed by atoms with van der Waals surface area (Å²) < 4.78 is 10.8. The Balaban J connectivity index is 2.41.